The smallest absolute Gasteiger partial charge is 0.221 e. The maximum Gasteiger partial charge on any atom is 0.221 e. The third kappa shape index (κ3) is 1.92. The van der Waals surface area contributed by atoms with Gasteiger partial charge < -0.3 is 0 Å². The maximum atomic E-state index is 9.02. The number of hydrogen-bond acceptors (Lipinski definition) is 2. The lowest BCUT2D eigenvalue weighted by molar-refractivity contribution is -0.659. The van der Waals surface area contributed by atoms with Crippen LogP contribution in [0.25, 0.3) is 22.0 Å². The zero-order chi connectivity index (χ0) is 14.1. The SMILES string of the molecule is Cc1ccncc1-c1c2ccc(C#N)cc2cc[n+]1C. The van der Waals surface area contributed by atoms with Crippen LogP contribution in [0.15, 0.2) is 48.9 Å². The van der Waals surface area contributed by atoms with Crippen LogP contribution in [0.4, 0.5) is 0 Å². The van der Waals surface area contributed by atoms with Crippen molar-refractivity contribution in [2.24, 2.45) is 7.05 Å². The number of aromatic nitrogens is 2. The van der Waals surface area contributed by atoms with E-state index >= 15 is 0 Å². The van der Waals surface area contributed by atoms with Gasteiger partial charge in [0.1, 0.15) is 7.05 Å². The van der Waals surface area contributed by atoms with Crippen molar-refractivity contribution in [3.8, 4) is 17.3 Å². The summed E-state index contributed by atoms with van der Waals surface area (Å²) >= 11 is 0. The van der Waals surface area contributed by atoms with Gasteiger partial charge in [0.2, 0.25) is 5.69 Å². The number of fused-ring (bicyclic) bond motifs is 1. The van der Waals surface area contributed by atoms with Crippen molar-refractivity contribution in [1.82, 2.24) is 4.98 Å². The molecule has 0 atom stereocenters. The standard InChI is InChI=1S/C17H14N3/c1-12-5-7-19-11-16(12)17-15-4-3-13(10-18)9-14(15)6-8-20(17)2/h3-9,11H,1-2H3/q+1. The van der Waals surface area contributed by atoms with Crippen LogP contribution in [0.2, 0.25) is 0 Å². The molecule has 2 aromatic heterocycles. The number of aryl methyl sites for hydroxylation is 2. The van der Waals surface area contributed by atoms with Crippen LogP contribution in [0, 0.1) is 18.3 Å². The summed E-state index contributed by atoms with van der Waals surface area (Å²) in [5.74, 6) is 0. The Hall–Kier alpha value is -2.73. The second kappa shape index (κ2) is 4.75. The molecule has 0 radical (unpaired) electrons. The summed E-state index contributed by atoms with van der Waals surface area (Å²) < 4.78 is 2.10. The molecule has 0 aliphatic rings. The van der Waals surface area contributed by atoms with E-state index < -0.39 is 0 Å². The van der Waals surface area contributed by atoms with E-state index in [1.54, 1.807) is 6.20 Å². The lowest BCUT2D eigenvalue weighted by atomic mass is 10.0. The summed E-state index contributed by atoms with van der Waals surface area (Å²) in [6.45, 7) is 2.08. The van der Waals surface area contributed by atoms with Crippen molar-refractivity contribution in [3.05, 3.63) is 60.0 Å². The van der Waals surface area contributed by atoms with Crippen LogP contribution in [0.3, 0.4) is 0 Å². The molecule has 20 heavy (non-hydrogen) atoms. The Labute approximate surface area is 117 Å². The Bertz CT molecular complexity index is 844. The van der Waals surface area contributed by atoms with Crippen molar-refractivity contribution >= 4 is 10.8 Å². The molecule has 0 spiro atoms. The van der Waals surface area contributed by atoms with Gasteiger partial charge in [-0.3, -0.25) is 4.98 Å². The fourth-order valence-electron chi connectivity index (χ4n) is 2.49. The number of hydrogen-bond donors (Lipinski definition) is 0. The first-order valence-electron chi connectivity index (χ1n) is 6.44. The van der Waals surface area contributed by atoms with Crippen LogP contribution in [0.5, 0.6) is 0 Å². The monoisotopic (exact) mass is 260 g/mol. The Kier molecular flexibility index (Phi) is 2.92. The van der Waals surface area contributed by atoms with E-state index in [1.165, 1.54) is 5.56 Å². The third-order valence-corrected chi connectivity index (χ3v) is 3.56. The van der Waals surface area contributed by atoms with Crippen LogP contribution in [0.1, 0.15) is 11.1 Å². The number of rotatable bonds is 1. The van der Waals surface area contributed by atoms with Crippen LogP contribution in [-0.2, 0) is 7.05 Å². The molecular formula is C17H14N3+. The van der Waals surface area contributed by atoms with E-state index in [9.17, 15) is 0 Å². The summed E-state index contributed by atoms with van der Waals surface area (Å²) in [6.07, 6.45) is 5.71. The molecule has 3 aromatic rings. The van der Waals surface area contributed by atoms with Gasteiger partial charge in [-0.25, -0.2) is 4.57 Å². The van der Waals surface area contributed by atoms with E-state index in [0.29, 0.717) is 5.56 Å². The molecule has 96 valence electrons. The molecule has 0 unspecified atom stereocenters. The molecule has 3 nitrogen and oxygen atoms in total. The quantitative estimate of drug-likeness (QED) is 0.631. The highest BCUT2D eigenvalue weighted by Gasteiger charge is 2.17. The molecule has 3 rings (SSSR count). The lowest BCUT2D eigenvalue weighted by Gasteiger charge is -2.07. The highest BCUT2D eigenvalue weighted by atomic mass is 14.9. The van der Waals surface area contributed by atoms with Gasteiger partial charge in [0.25, 0.3) is 0 Å². The van der Waals surface area contributed by atoms with Crippen molar-refractivity contribution in [2.75, 3.05) is 0 Å². The van der Waals surface area contributed by atoms with Gasteiger partial charge in [-0.15, -0.1) is 0 Å². The molecule has 3 heteroatoms. The first kappa shape index (κ1) is 12.3. The zero-order valence-electron chi connectivity index (χ0n) is 11.5. The first-order chi connectivity index (χ1) is 9.70. The van der Waals surface area contributed by atoms with Gasteiger partial charge in [0.15, 0.2) is 6.20 Å². The van der Waals surface area contributed by atoms with Gasteiger partial charge in [-0.05, 0) is 42.1 Å². The second-order valence-corrected chi connectivity index (χ2v) is 4.88. The van der Waals surface area contributed by atoms with Crippen molar-refractivity contribution in [1.29, 1.82) is 5.26 Å². The number of benzene rings is 1. The molecular weight excluding hydrogens is 246 g/mol. The fourth-order valence-corrected chi connectivity index (χ4v) is 2.49. The van der Waals surface area contributed by atoms with E-state index in [2.05, 4.69) is 22.5 Å². The summed E-state index contributed by atoms with van der Waals surface area (Å²) in [7, 11) is 2.03. The Morgan fingerprint density at radius 3 is 2.80 bits per heavy atom. The summed E-state index contributed by atoms with van der Waals surface area (Å²) in [5, 5.41) is 11.2. The molecule has 1 aromatic carbocycles. The van der Waals surface area contributed by atoms with Gasteiger partial charge >= 0.3 is 0 Å². The maximum absolute atomic E-state index is 9.02. The predicted octanol–water partition coefficient (Wildman–Crippen LogP) is 2.91. The highest BCUT2D eigenvalue weighted by Crippen LogP contribution is 2.27. The van der Waals surface area contributed by atoms with E-state index in [0.717, 1.165) is 22.0 Å². The normalized spacial score (nSPS) is 10.4. The molecule has 2 heterocycles. The molecule has 0 aliphatic carbocycles. The first-order valence-corrected chi connectivity index (χ1v) is 6.44. The average molecular weight is 260 g/mol. The van der Waals surface area contributed by atoms with Crippen molar-refractivity contribution < 1.29 is 4.57 Å². The van der Waals surface area contributed by atoms with Gasteiger partial charge in [0.05, 0.1) is 22.6 Å². The van der Waals surface area contributed by atoms with Crippen LogP contribution < -0.4 is 4.57 Å². The predicted molar refractivity (Wildman–Crippen MR) is 77.8 cm³/mol. The number of pyridine rings is 2. The number of nitrogens with zero attached hydrogens (tertiary/aromatic N) is 3. The van der Waals surface area contributed by atoms with Gasteiger partial charge in [0, 0.05) is 18.5 Å². The zero-order valence-corrected chi connectivity index (χ0v) is 11.5. The molecule has 0 aliphatic heterocycles. The lowest BCUT2D eigenvalue weighted by Crippen LogP contribution is -2.30. The third-order valence-electron chi connectivity index (χ3n) is 3.56. The molecule has 0 amide bonds. The Balaban J connectivity index is 2.38. The average Bonchev–Trinajstić information content (AvgIpc) is 2.48. The fraction of sp³-hybridized carbons (Fsp3) is 0.118. The Morgan fingerprint density at radius 2 is 2.05 bits per heavy atom. The molecule has 0 bridgehead atoms. The molecule has 0 saturated heterocycles. The van der Waals surface area contributed by atoms with E-state index in [1.807, 2.05) is 49.8 Å². The summed E-state index contributed by atoms with van der Waals surface area (Å²) in [6, 6.07) is 12.0. The number of nitriles is 1. The minimum atomic E-state index is 0.681. The topological polar surface area (TPSA) is 40.6 Å². The van der Waals surface area contributed by atoms with E-state index in [-0.39, 0.29) is 0 Å². The molecule has 0 saturated carbocycles. The Morgan fingerprint density at radius 1 is 1.20 bits per heavy atom. The minimum Gasteiger partial charge on any atom is -0.264 e. The van der Waals surface area contributed by atoms with Crippen molar-refractivity contribution in [3.63, 3.8) is 0 Å². The van der Waals surface area contributed by atoms with Gasteiger partial charge in [-0.1, -0.05) is 0 Å². The second-order valence-electron chi connectivity index (χ2n) is 4.88. The molecule has 0 fully saturated rings. The van der Waals surface area contributed by atoms with Crippen LogP contribution in [-0.4, -0.2) is 4.98 Å². The van der Waals surface area contributed by atoms with Crippen molar-refractivity contribution in [2.45, 2.75) is 6.92 Å². The summed E-state index contributed by atoms with van der Waals surface area (Å²) in [5.41, 5.74) is 4.11. The summed E-state index contributed by atoms with van der Waals surface area (Å²) in [4.78, 5) is 4.24. The van der Waals surface area contributed by atoms with Crippen LogP contribution >= 0.6 is 0 Å². The molecule has 0 N–H and O–H groups in total. The largest absolute Gasteiger partial charge is 0.264 e. The van der Waals surface area contributed by atoms with E-state index in [4.69, 9.17) is 5.26 Å². The highest BCUT2D eigenvalue weighted by molar-refractivity contribution is 5.94. The van der Waals surface area contributed by atoms with Gasteiger partial charge in [-0.2, -0.15) is 5.26 Å². The minimum absolute atomic E-state index is 0.681.